The van der Waals surface area contributed by atoms with Crippen LogP contribution >= 0.6 is 15.9 Å². The van der Waals surface area contributed by atoms with Crippen molar-refractivity contribution in [2.45, 2.75) is 11.8 Å². The van der Waals surface area contributed by atoms with Crippen molar-refractivity contribution in [3.8, 4) is 0 Å². The second kappa shape index (κ2) is 5.77. The molecule has 0 unspecified atom stereocenters. The Morgan fingerprint density at radius 1 is 1.38 bits per heavy atom. The molecule has 1 N–H and O–H groups in total. The number of sulfonamides is 1. The Kier molecular flexibility index (Phi) is 4.91. The van der Waals surface area contributed by atoms with E-state index in [2.05, 4.69) is 20.7 Å². The lowest BCUT2D eigenvalue weighted by Gasteiger charge is -2.07. The van der Waals surface area contributed by atoms with Crippen molar-refractivity contribution in [3.05, 3.63) is 28.2 Å². The van der Waals surface area contributed by atoms with Gasteiger partial charge in [-0.15, -0.1) is 0 Å². The smallest absolute Gasteiger partial charge is 0.240 e. The molecule has 1 aromatic carbocycles. The number of rotatable bonds is 5. The predicted molar refractivity (Wildman–Crippen MR) is 65.9 cm³/mol. The molecule has 1 rings (SSSR count). The molecule has 0 radical (unpaired) electrons. The van der Waals surface area contributed by atoms with Gasteiger partial charge < -0.3 is 4.74 Å². The van der Waals surface area contributed by atoms with E-state index in [9.17, 15) is 8.42 Å². The first-order valence-corrected chi connectivity index (χ1v) is 6.99. The highest BCUT2D eigenvalue weighted by Gasteiger charge is 2.13. The van der Waals surface area contributed by atoms with Crippen molar-refractivity contribution in [1.82, 2.24) is 4.72 Å². The van der Waals surface area contributed by atoms with Gasteiger partial charge in [-0.1, -0.05) is 15.9 Å². The molecule has 0 aliphatic rings. The topological polar surface area (TPSA) is 55.4 Å². The molecule has 90 valence electrons. The van der Waals surface area contributed by atoms with Gasteiger partial charge in [-0.05, 0) is 30.7 Å². The SMILES string of the molecule is COCCNS(=O)(=O)c1cc(C)cc(Br)c1. The van der Waals surface area contributed by atoms with Gasteiger partial charge in [0.25, 0.3) is 0 Å². The Bertz CT molecular complexity index is 439. The molecule has 0 saturated carbocycles. The highest BCUT2D eigenvalue weighted by molar-refractivity contribution is 9.10. The second-order valence-corrected chi connectivity index (χ2v) is 6.04. The third kappa shape index (κ3) is 3.86. The molecule has 6 heteroatoms. The Hall–Kier alpha value is -0.430. The van der Waals surface area contributed by atoms with E-state index in [1.54, 1.807) is 12.1 Å². The molecule has 1 aromatic rings. The zero-order valence-electron chi connectivity index (χ0n) is 9.16. The van der Waals surface area contributed by atoms with Gasteiger partial charge in [-0.2, -0.15) is 0 Å². The highest BCUT2D eigenvalue weighted by atomic mass is 79.9. The summed E-state index contributed by atoms with van der Waals surface area (Å²) in [6.45, 7) is 2.47. The zero-order chi connectivity index (χ0) is 12.2. The minimum absolute atomic E-state index is 0.260. The molecule has 0 aliphatic heterocycles. The van der Waals surface area contributed by atoms with Gasteiger partial charge in [0.1, 0.15) is 0 Å². The van der Waals surface area contributed by atoms with Gasteiger partial charge in [-0.25, -0.2) is 13.1 Å². The van der Waals surface area contributed by atoms with Gasteiger partial charge in [0.15, 0.2) is 0 Å². The van der Waals surface area contributed by atoms with Gasteiger partial charge in [-0.3, -0.25) is 0 Å². The average molecular weight is 308 g/mol. The molecule has 0 saturated heterocycles. The molecule has 0 heterocycles. The molecular formula is C10H14BrNO3S. The maximum absolute atomic E-state index is 11.8. The number of ether oxygens (including phenoxy) is 1. The lowest BCUT2D eigenvalue weighted by molar-refractivity contribution is 0.204. The molecule has 0 aliphatic carbocycles. The molecule has 0 fully saturated rings. The number of benzene rings is 1. The minimum atomic E-state index is -3.44. The summed E-state index contributed by atoms with van der Waals surface area (Å²) in [5, 5.41) is 0. The highest BCUT2D eigenvalue weighted by Crippen LogP contribution is 2.18. The lowest BCUT2D eigenvalue weighted by Crippen LogP contribution is -2.27. The van der Waals surface area contributed by atoms with E-state index in [0.29, 0.717) is 6.61 Å². The maximum atomic E-state index is 11.8. The van der Waals surface area contributed by atoms with E-state index in [1.807, 2.05) is 13.0 Å². The molecule has 0 aromatic heterocycles. The lowest BCUT2D eigenvalue weighted by atomic mass is 10.2. The van der Waals surface area contributed by atoms with Crippen LogP contribution in [0.5, 0.6) is 0 Å². The number of hydrogen-bond donors (Lipinski definition) is 1. The summed E-state index contributed by atoms with van der Waals surface area (Å²) in [7, 11) is -1.91. The van der Waals surface area contributed by atoms with Crippen LogP contribution in [0.3, 0.4) is 0 Å². The Morgan fingerprint density at radius 2 is 2.06 bits per heavy atom. The summed E-state index contributed by atoms with van der Waals surface area (Å²) < 4.78 is 31.6. The predicted octanol–water partition coefficient (Wildman–Crippen LogP) is 1.68. The van der Waals surface area contributed by atoms with Crippen molar-refractivity contribution in [3.63, 3.8) is 0 Å². The number of halogens is 1. The molecule has 4 nitrogen and oxygen atoms in total. The number of methoxy groups -OCH3 is 1. The van der Waals surface area contributed by atoms with Gasteiger partial charge in [0, 0.05) is 18.1 Å². The normalized spacial score (nSPS) is 11.7. The molecule has 0 amide bonds. The average Bonchev–Trinajstić information content (AvgIpc) is 2.16. The van der Waals surface area contributed by atoms with Crippen molar-refractivity contribution in [2.75, 3.05) is 20.3 Å². The van der Waals surface area contributed by atoms with Crippen molar-refractivity contribution in [1.29, 1.82) is 0 Å². The van der Waals surface area contributed by atoms with E-state index in [0.717, 1.165) is 10.0 Å². The van der Waals surface area contributed by atoms with Crippen LogP contribution in [0, 0.1) is 6.92 Å². The van der Waals surface area contributed by atoms with E-state index in [-0.39, 0.29) is 11.4 Å². The Balaban J connectivity index is 2.89. The number of nitrogens with one attached hydrogen (secondary N) is 1. The Labute approximate surface area is 104 Å². The number of aryl methyl sites for hydroxylation is 1. The van der Waals surface area contributed by atoms with Crippen LogP contribution in [0.25, 0.3) is 0 Å². The number of hydrogen-bond acceptors (Lipinski definition) is 3. The van der Waals surface area contributed by atoms with Gasteiger partial charge >= 0.3 is 0 Å². The molecule has 0 atom stereocenters. The van der Waals surface area contributed by atoms with Crippen LogP contribution in [0.2, 0.25) is 0 Å². The van der Waals surface area contributed by atoms with Crippen LogP contribution in [0.15, 0.2) is 27.6 Å². The standard InChI is InChI=1S/C10H14BrNO3S/c1-8-5-9(11)7-10(6-8)16(13,14)12-3-4-15-2/h5-7,12H,3-4H2,1-2H3. The monoisotopic (exact) mass is 307 g/mol. The zero-order valence-corrected chi connectivity index (χ0v) is 11.6. The van der Waals surface area contributed by atoms with Crippen LogP contribution in [-0.2, 0) is 14.8 Å². The maximum Gasteiger partial charge on any atom is 0.240 e. The minimum Gasteiger partial charge on any atom is -0.383 e. The first kappa shape index (κ1) is 13.6. The van der Waals surface area contributed by atoms with E-state index < -0.39 is 10.0 Å². The summed E-state index contributed by atoms with van der Waals surface area (Å²) in [5.41, 5.74) is 0.890. The van der Waals surface area contributed by atoms with Crippen molar-refractivity contribution < 1.29 is 13.2 Å². The second-order valence-electron chi connectivity index (χ2n) is 3.35. The Morgan fingerprint density at radius 3 is 2.62 bits per heavy atom. The largest absolute Gasteiger partial charge is 0.383 e. The third-order valence-corrected chi connectivity index (χ3v) is 3.82. The van der Waals surface area contributed by atoms with Crippen molar-refractivity contribution >= 4 is 26.0 Å². The molecule has 16 heavy (non-hydrogen) atoms. The fourth-order valence-corrected chi connectivity index (χ4v) is 3.12. The summed E-state index contributed by atoms with van der Waals surface area (Å²) in [4.78, 5) is 0.260. The van der Waals surface area contributed by atoms with Crippen LogP contribution < -0.4 is 4.72 Å². The molecular weight excluding hydrogens is 294 g/mol. The first-order valence-electron chi connectivity index (χ1n) is 4.71. The fraction of sp³-hybridized carbons (Fsp3) is 0.400. The quantitative estimate of drug-likeness (QED) is 0.842. The van der Waals surface area contributed by atoms with Crippen LogP contribution in [-0.4, -0.2) is 28.7 Å². The van der Waals surface area contributed by atoms with E-state index in [4.69, 9.17) is 4.74 Å². The van der Waals surface area contributed by atoms with E-state index >= 15 is 0 Å². The van der Waals surface area contributed by atoms with Crippen LogP contribution in [0.4, 0.5) is 0 Å². The summed E-state index contributed by atoms with van der Waals surface area (Å²) >= 11 is 3.27. The summed E-state index contributed by atoms with van der Waals surface area (Å²) in [6.07, 6.45) is 0. The molecule has 0 bridgehead atoms. The summed E-state index contributed by atoms with van der Waals surface area (Å²) in [6, 6.07) is 5.05. The first-order chi connectivity index (χ1) is 7.45. The fourth-order valence-electron chi connectivity index (χ4n) is 1.22. The van der Waals surface area contributed by atoms with Gasteiger partial charge in [0.2, 0.25) is 10.0 Å². The van der Waals surface area contributed by atoms with Gasteiger partial charge in [0.05, 0.1) is 11.5 Å². The summed E-state index contributed by atoms with van der Waals surface area (Å²) in [5.74, 6) is 0. The van der Waals surface area contributed by atoms with E-state index in [1.165, 1.54) is 7.11 Å². The molecule has 0 spiro atoms. The van der Waals surface area contributed by atoms with Crippen molar-refractivity contribution in [2.24, 2.45) is 0 Å². The van der Waals surface area contributed by atoms with Crippen LogP contribution in [0.1, 0.15) is 5.56 Å². The third-order valence-electron chi connectivity index (χ3n) is 1.92.